The Balaban J connectivity index is 2.37. The molecule has 0 saturated carbocycles. The highest BCUT2D eigenvalue weighted by atomic mass is 32.2. The Kier molecular flexibility index (Phi) is 3.50. The van der Waals surface area contributed by atoms with Crippen LogP contribution in [0.4, 0.5) is 5.82 Å². The van der Waals surface area contributed by atoms with Crippen molar-refractivity contribution in [3.05, 3.63) is 17.1 Å². The lowest BCUT2D eigenvalue weighted by Gasteiger charge is -2.31. The number of nitrogens with zero attached hydrogens (tertiary/aromatic N) is 4. The Labute approximate surface area is 105 Å². The predicted molar refractivity (Wildman–Crippen MR) is 68.6 cm³/mol. The minimum atomic E-state index is 0.197. The molecule has 0 radical (unpaired) electrons. The third-order valence-corrected chi connectivity index (χ3v) is 3.96. The summed E-state index contributed by atoms with van der Waals surface area (Å²) in [7, 11) is 2.07. The van der Waals surface area contributed by atoms with E-state index in [4.69, 9.17) is 11.0 Å². The number of hydrogen-bond donors (Lipinski definition) is 1. The first-order chi connectivity index (χ1) is 8.13. The summed E-state index contributed by atoms with van der Waals surface area (Å²) in [6.45, 7) is 2.83. The number of nitrogens with two attached hydrogens (primary N) is 1. The van der Waals surface area contributed by atoms with Gasteiger partial charge in [0.25, 0.3) is 0 Å². The van der Waals surface area contributed by atoms with Gasteiger partial charge in [0.05, 0.1) is 11.7 Å². The van der Waals surface area contributed by atoms with E-state index in [0.29, 0.717) is 17.1 Å². The number of nitriles is 1. The maximum absolute atomic E-state index is 8.93. The quantitative estimate of drug-likeness (QED) is 0.798. The molecule has 1 atom stereocenters. The molecule has 1 aromatic heterocycles. The van der Waals surface area contributed by atoms with Gasteiger partial charge in [0.2, 0.25) is 0 Å². The number of aryl methyl sites for hydroxylation is 1. The van der Waals surface area contributed by atoms with E-state index in [0.717, 1.165) is 23.9 Å². The summed E-state index contributed by atoms with van der Waals surface area (Å²) in [5, 5.41) is 8.93. The maximum atomic E-state index is 8.93. The van der Waals surface area contributed by atoms with E-state index in [2.05, 4.69) is 21.9 Å². The minimum Gasteiger partial charge on any atom is -0.382 e. The summed E-state index contributed by atoms with van der Waals surface area (Å²) in [4.78, 5) is 10.9. The molecule has 6 heteroatoms. The average Bonchev–Trinajstić information content (AvgIpc) is 2.29. The van der Waals surface area contributed by atoms with Crippen LogP contribution in [0.2, 0.25) is 0 Å². The minimum absolute atomic E-state index is 0.197. The fourth-order valence-corrected chi connectivity index (χ4v) is 3.07. The van der Waals surface area contributed by atoms with Crippen LogP contribution < -0.4 is 5.73 Å². The van der Waals surface area contributed by atoms with Gasteiger partial charge in [0.1, 0.15) is 23.3 Å². The molecule has 2 heterocycles. The molecule has 1 aliphatic rings. The van der Waals surface area contributed by atoms with Gasteiger partial charge in [-0.25, -0.2) is 9.97 Å². The fourth-order valence-electron chi connectivity index (χ4n) is 1.86. The largest absolute Gasteiger partial charge is 0.382 e. The smallest absolute Gasteiger partial charge is 0.149 e. The number of aromatic nitrogens is 2. The van der Waals surface area contributed by atoms with E-state index in [1.165, 1.54) is 0 Å². The molecule has 1 fully saturated rings. The normalized spacial score (nSPS) is 21.1. The summed E-state index contributed by atoms with van der Waals surface area (Å²) in [5.41, 5.74) is 6.84. The Morgan fingerprint density at radius 3 is 2.88 bits per heavy atom. The molecule has 0 spiro atoms. The van der Waals surface area contributed by atoms with Gasteiger partial charge in [-0.2, -0.15) is 17.0 Å². The van der Waals surface area contributed by atoms with E-state index < -0.39 is 0 Å². The molecule has 0 aliphatic carbocycles. The van der Waals surface area contributed by atoms with Gasteiger partial charge in [-0.05, 0) is 14.0 Å². The summed E-state index contributed by atoms with van der Waals surface area (Å²) in [6.07, 6.45) is 0. The van der Waals surface area contributed by atoms with Gasteiger partial charge >= 0.3 is 0 Å². The van der Waals surface area contributed by atoms with Crippen molar-refractivity contribution in [3.8, 4) is 6.07 Å². The van der Waals surface area contributed by atoms with Gasteiger partial charge in [0, 0.05) is 18.1 Å². The molecular formula is C11H15N5S. The molecule has 5 nitrogen and oxygen atoms in total. The lowest BCUT2D eigenvalue weighted by Crippen LogP contribution is -2.34. The van der Waals surface area contributed by atoms with Crippen molar-refractivity contribution in [3.63, 3.8) is 0 Å². The Hall–Kier alpha value is -1.32. The predicted octanol–water partition coefficient (Wildman–Crippen LogP) is 0.959. The molecule has 2 rings (SSSR count). The number of rotatable bonds is 1. The van der Waals surface area contributed by atoms with Crippen LogP contribution in [0.5, 0.6) is 0 Å². The standard InChI is InChI=1S/C11H15N5S/c1-7-8(5-12)10(13)15-11(14-7)9-6-17-4-3-16(9)2/h9H,3-4,6H2,1-2H3,(H2,13,14,15). The van der Waals surface area contributed by atoms with Crippen molar-refractivity contribution in [2.45, 2.75) is 13.0 Å². The van der Waals surface area contributed by atoms with E-state index in [-0.39, 0.29) is 6.04 Å². The molecule has 17 heavy (non-hydrogen) atoms. The van der Waals surface area contributed by atoms with Crippen molar-refractivity contribution in [1.82, 2.24) is 14.9 Å². The highest BCUT2D eigenvalue weighted by molar-refractivity contribution is 7.99. The van der Waals surface area contributed by atoms with Gasteiger partial charge < -0.3 is 5.73 Å². The zero-order chi connectivity index (χ0) is 12.4. The molecular weight excluding hydrogens is 234 g/mol. The van der Waals surface area contributed by atoms with E-state index in [9.17, 15) is 0 Å². The summed E-state index contributed by atoms with van der Waals surface area (Å²) in [6, 6.07) is 2.23. The third kappa shape index (κ3) is 2.35. The van der Waals surface area contributed by atoms with Crippen LogP contribution >= 0.6 is 11.8 Å². The van der Waals surface area contributed by atoms with Gasteiger partial charge in [-0.1, -0.05) is 0 Å². The number of thioether (sulfide) groups is 1. The van der Waals surface area contributed by atoms with Crippen molar-refractivity contribution in [1.29, 1.82) is 5.26 Å². The van der Waals surface area contributed by atoms with Crippen molar-refractivity contribution >= 4 is 17.6 Å². The Morgan fingerprint density at radius 2 is 2.29 bits per heavy atom. The van der Waals surface area contributed by atoms with E-state index in [1.807, 2.05) is 17.8 Å². The monoisotopic (exact) mass is 249 g/mol. The molecule has 90 valence electrons. The Morgan fingerprint density at radius 1 is 1.53 bits per heavy atom. The molecule has 2 N–H and O–H groups in total. The maximum Gasteiger partial charge on any atom is 0.149 e. The van der Waals surface area contributed by atoms with Crippen molar-refractivity contribution < 1.29 is 0 Å². The molecule has 0 bridgehead atoms. The van der Waals surface area contributed by atoms with Crippen LogP contribution in [0, 0.1) is 18.3 Å². The molecule has 1 aliphatic heterocycles. The van der Waals surface area contributed by atoms with Crippen LogP contribution in [0.25, 0.3) is 0 Å². The summed E-state index contributed by atoms with van der Waals surface area (Å²) < 4.78 is 0. The number of nitrogen functional groups attached to an aromatic ring is 1. The lowest BCUT2D eigenvalue weighted by atomic mass is 10.2. The van der Waals surface area contributed by atoms with Gasteiger partial charge in [-0.15, -0.1) is 0 Å². The molecule has 0 amide bonds. The van der Waals surface area contributed by atoms with E-state index in [1.54, 1.807) is 6.92 Å². The van der Waals surface area contributed by atoms with Crippen LogP contribution in [0.15, 0.2) is 0 Å². The first-order valence-electron chi connectivity index (χ1n) is 5.45. The second-order valence-electron chi connectivity index (χ2n) is 4.11. The van der Waals surface area contributed by atoms with Crippen LogP contribution in [-0.4, -0.2) is 40.0 Å². The zero-order valence-electron chi connectivity index (χ0n) is 9.97. The molecule has 1 aromatic rings. The van der Waals surface area contributed by atoms with Gasteiger partial charge in [0.15, 0.2) is 0 Å². The van der Waals surface area contributed by atoms with Crippen LogP contribution in [-0.2, 0) is 0 Å². The van der Waals surface area contributed by atoms with Crippen molar-refractivity contribution in [2.24, 2.45) is 0 Å². The summed E-state index contributed by atoms with van der Waals surface area (Å²) in [5.74, 6) is 3.13. The number of anilines is 1. The Bertz CT molecular complexity index is 444. The van der Waals surface area contributed by atoms with Crippen LogP contribution in [0.3, 0.4) is 0 Å². The van der Waals surface area contributed by atoms with Crippen LogP contribution in [0.1, 0.15) is 23.1 Å². The first kappa shape index (κ1) is 12.1. The lowest BCUT2D eigenvalue weighted by molar-refractivity contribution is 0.264. The summed E-state index contributed by atoms with van der Waals surface area (Å²) >= 11 is 1.90. The molecule has 1 saturated heterocycles. The highest BCUT2D eigenvalue weighted by Gasteiger charge is 2.24. The molecule has 1 unspecified atom stereocenters. The zero-order valence-corrected chi connectivity index (χ0v) is 10.8. The van der Waals surface area contributed by atoms with E-state index >= 15 is 0 Å². The first-order valence-corrected chi connectivity index (χ1v) is 6.61. The second kappa shape index (κ2) is 4.90. The highest BCUT2D eigenvalue weighted by Crippen LogP contribution is 2.27. The van der Waals surface area contributed by atoms with Crippen molar-refractivity contribution in [2.75, 3.05) is 30.8 Å². The topological polar surface area (TPSA) is 78.8 Å². The van der Waals surface area contributed by atoms with Gasteiger partial charge in [-0.3, -0.25) is 4.90 Å². The number of hydrogen-bond acceptors (Lipinski definition) is 6. The third-order valence-electron chi connectivity index (χ3n) is 2.94. The second-order valence-corrected chi connectivity index (χ2v) is 5.26. The fraction of sp³-hybridized carbons (Fsp3) is 0.545. The SMILES string of the molecule is Cc1nc(C2CSCCN2C)nc(N)c1C#N. The molecule has 0 aromatic carbocycles. The average molecular weight is 249 g/mol.